The maximum Gasteiger partial charge on any atom is 0.272 e. The summed E-state index contributed by atoms with van der Waals surface area (Å²) in [5, 5.41) is 2.78. The highest BCUT2D eigenvalue weighted by atomic mass is 19.3. The van der Waals surface area contributed by atoms with Crippen LogP contribution in [-0.2, 0) is 11.2 Å². The van der Waals surface area contributed by atoms with Crippen molar-refractivity contribution in [2.24, 2.45) is 5.92 Å². The predicted octanol–water partition coefficient (Wildman–Crippen LogP) is 2.54. The normalized spacial score (nSPS) is 14.3. The van der Waals surface area contributed by atoms with Gasteiger partial charge in [0.15, 0.2) is 6.61 Å². The third-order valence-electron chi connectivity index (χ3n) is 4.53. The van der Waals surface area contributed by atoms with Crippen LogP contribution in [0.25, 0.3) is 0 Å². The highest BCUT2D eigenvalue weighted by Crippen LogP contribution is 2.30. The van der Waals surface area contributed by atoms with E-state index in [0.29, 0.717) is 11.4 Å². The molecule has 1 saturated carbocycles. The molecule has 1 N–H and O–H groups in total. The van der Waals surface area contributed by atoms with E-state index >= 15 is 0 Å². The molecule has 10 heteroatoms. The maximum atomic E-state index is 12.6. The third-order valence-corrected chi connectivity index (χ3v) is 4.53. The molecule has 0 bridgehead atoms. The SMILES string of the molecule is COc1nc(OCC(F)F)ccc1C(C)NC(=O)c1ccnc(CC(=O)C2CC2)n1. The number of carbonyl (C=O) groups excluding carboxylic acids is 2. The van der Waals surface area contributed by atoms with E-state index in [-0.39, 0.29) is 35.6 Å². The highest BCUT2D eigenvalue weighted by Gasteiger charge is 2.30. The van der Waals surface area contributed by atoms with Gasteiger partial charge < -0.3 is 14.8 Å². The van der Waals surface area contributed by atoms with Crippen molar-refractivity contribution >= 4 is 11.7 Å². The molecule has 3 rings (SSSR count). The van der Waals surface area contributed by atoms with E-state index in [1.54, 1.807) is 13.0 Å². The van der Waals surface area contributed by atoms with Crippen molar-refractivity contribution in [1.82, 2.24) is 20.3 Å². The Labute approximate surface area is 172 Å². The average Bonchev–Trinajstić information content (AvgIpc) is 3.57. The Kier molecular flexibility index (Phi) is 6.86. The number of carbonyl (C=O) groups is 2. The van der Waals surface area contributed by atoms with Crippen molar-refractivity contribution in [1.29, 1.82) is 0 Å². The first-order valence-electron chi connectivity index (χ1n) is 9.48. The first kappa shape index (κ1) is 21.5. The second-order valence-corrected chi connectivity index (χ2v) is 6.92. The van der Waals surface area contributed by atoms with Gasteiger partial charge in [0.05, 0.1) is 19.6 Å². The minimum absolute atomic E-state index is 0.00445. The van der Waals surface area contributed by atoms with Crippen molar-refractivity contribution in [3.05, 3.63) is 41.5 Å². The first-order chi connectivity index (χ1) is 14.4. The lowest BCUT2D eigenvalue weighted by atomic mass is 10.1. The minimum atomic E-state index is -2.62. The number of hydrogen-bond donors (Lipinski definition) is 1. The Bertz CT molecular complexity index is 921. The quantitative estimate of drug-likeness (QED) is 0.630. The molecule has 0 aromatic carbocycles. The summed E-state index contributed by atoms with van der Waals surface area (Å²) >= 11 is 0. The monoisotopic (exact) mass is 420 g/mol. The van der Waals surface area contributed by atoms with Gasteiger partial charge >= 0.3 is 0 Å². The molecule has 1 aliphatic carbocycles. The number of ketones is 1. The molecule has 1 fully saturated rings. The van der Waals surface area contributed by atoms with Crippen LogP contribution in [0.1, 0.15) is 47.7 Å². The molecule has 0 saturated heterocycles. The molecule has 0 spiro atoms. The van der Waals surface area contributed by atoms with Gasteiger partial charge in [0.2, 0.25) is 11.8 Å². The number of methoxy groups -OCH3 is 1. The molecule has 2 aromatic heterocycles. The molecular weight excluding hydrogens is 398 g/mol. The lowest BCUT2D eigenvalue weighted by molar-refractivity contribution is -0.119. The number of ether oxygens (including phenoxy) is 2. The number of halogens is 2. The number of pyridine rings is 1. The Balaban J connectivity index is 1.66. The maximum absolute atomic E-state index is 12.6. The van der Waals surface area contributed by atoms with Crippen LogP contribution < -0.4 is 14.8 Å². The van der Waals surface area contributed by atoms with Crippen LogP contribution in [-0.4, -0.2) is 46.8 Å². The average molecular weight is 420 g/mol. The standard InChI is InChI=1S/C20H22F2N4O4/c1-11(13-5-6-18(26-20(13)29-2)30-10-16(21)22)24-19(28)14-7-8-23-17(25-14)9-15(27)12-3-4-12/h5-8,11-12,16H,3-4,9-10H2,1-2H3,(H,24,28). The number of alkyl halides is 2. The Hall–Kier alpha value is -3.17. The second kappa shape index (κ2) is 9.55. The van der Waals surface area contributed by atoms with E-state index < -0.39 is 25.0 Å². The number of nitrogens with one attached hydrogen (secondary N) is 1. The summed E-state index contributed by atoms with van der Waals surface area (Å²) in [5.41, 5.74) is 0.674. The van der Waals surface area contributed by atoms with Gasteiger partial charge in [-0.3, -0.25) is 9.59 Å². The zero-order valence-corrected chi connectivity index (χ0v) is 16.6. The topological polar surface area (TPSA) is 103 Å². The molecule has 8 nitrogen and oxygen atoms in total. The van der Waals surface area contributed by atoms with Crippen molar-refractivity contribution in [2.45, 2.75) is 38.7 Å². The fraction of sp³-hybridized carbons (Fsp3) is 0.450. The largest absolute Gasteiger partial charge is 0.481 e. The molecule has 1 unspecified atom stereocenters. The minimum Gasteiger partial charge on any atom is -0.481 e. The van der Waals surface area contributed by atoms with Crippen molar-refractivity contribution in [3.8, 4) is 11.8 Å². The summed E-state index contributed by atoms with van der Waals surface area (Å²) in [6.07, 6.45) is 0.739. The van der Waals surface area contributed by atoms with Crippen LogP contribution in [0.4, 0.5) is 8.78 Å². The molecule has 1 amide bonds. The summed E-state index contributed by atoms with van der Waals surface area (Å²) < 4.78 is 34.7. The number of nitrogens with zero attached hydrogens (tertiary/aromatic N) is 3. The van der Waals surface area contributed by atoms with Gasteiger partial charge in [-0.2, -0.15) is 4.98 Å². The van der Waals surface area contributed by atoms with E-state index in [2.05, 4.69) is 20.3 Å². The number of aromatic nitrogens is 3. The third kappa shape index (κ3) is 5.68. The van der Waals surface area contributed by atoms with Crippen molar-refractivity contribution < 1.29 is 27.8 Å². The van der Waals surface area contributed by atoms with Crippen LogP contribution >= 0.6 is 0 Å². The van der Waals surface area contributed by atoms with E-state index in [1.165, 1.54) is 25.4 Å². The zero-order valence-electron chi connectivity index (χ0n) is 16.6. The molecular formula is C20H22F2N4O4. The van der Waals surface area contributed by atoms with Gasteiger partial charge in [-0.1, -0.05) is 0 Å². The number of amides is 1. The number of Topliss-reactive ketones (excluding diaryl/α,β-unsaturated/α-hetero) is 1. The smallest absolute Gasteiger partial charge is 0.272 e. The van der Waals surface area contributed by atoms with Gasteiger partial charge in [0.1, 0.15) is 17.3 Å². The van der Waals surface area contributed by atoms with Gasteiger partial charge in [-0.25, -0.2) is 18.7 Å². The van der Waals surface area contributed by atoms with E-state index in [1.807, 2.05) is 0 Å². The van der Waals surface area contributed by atoms with Crippen LogP contribution in [0, 0.1) is 5.92 Å². The van der Waals surface area contributed by atoms with Crippen LogP contribution in [0.5, 0.6) is 11.8 Å². The van der Waals surface area contributed by atoms with E-state index in [9.17, 15) is 18.4 Å². The Morgan fingerprint density at radius 2 is 2.00 bits per heavy atom. The van der Waals surface area contributed by atoms with Crippen LogP contribution in [0.2, 0.25) is 0 Å². The predicted molar refractivity (Wildman–Crippen MR) is 102 cm³/mol. The summed E-state index contributed by atoms with van der Waals surface area (Å²) in [7, 11) is 1.38. The molecule has 1 atom stereocenters. The van der Waals surface area contributed by atoms with Crippen LogP contribution in [0.15, 0.2) is 24.4 Å². The first-order valence-corrected chi connectivity index (χ1v) is 9.48. The van der Waals surface area contributed by atoms with Gasteiger partial charge in [0.25, 0.3) is 12.3 Å². The fourth-order valence-corrected chi connectivity index (χ4v) is 2.82. The summed E-state index contributed by atoms with van der Waals surface area (Å²) in [6, 6.07) is 3.95. The number of rotatable bonds is 10. The molecule has 0 radical (unpaired) electrons. The molecule has 2 aromatic rings. The summed E-state index contributed by atoms with van der Waals surface area (Å²) in [6.45, 7) is 0.941. The van der Waals surface area contributed by atoms with E-state index in [4.69, 9.17) is 9.47 Å². The molecule has 30 heavy (non-hydrogen) atoms. The zero-order chi connectivity index (χ0) is 21.7. The highest BCUT2D eigenvalue weighted by molar-refractivity contribution is 5.92. The Morgan fingerprint density at radius 3 is 2.67 bits per heavy atom. The van der Waals surface area contributed by atoms with Crippen molar-refractivity contribution in [2.75, 3.05) is 13.7 Å². The van der Waals surface area contributed by atoms with E-state index in [0.717, 1.165) is 12.8 Å². The molecule has 0 aliphatic heterocycles. The van der Waals surface area contributed by atoms with Gasteiger partial charge in [-0.15, -0.1) is 0 Å². The summed E-state index contributed by atoms with van der Waals surface area (Å²) in [4.78, 5) is 36.8. The molecule has 160 valence electrons. The van der Waals surface area contributed by atoms with Gasteiger partial charge in [-0.05, 0) is 31.9 Å². The number of hydrogen-bond acceptors (Lipinski definition) is 7. The second-order valence-electron chi connectivity index (χ2n) is 6.92. The fourth-order valence-electron chi connectivity index (χ4n) is 2.82. The lowest BCUT2D eigenvalue weighted by Crippen LogP contribution is -2.28. The summed E-state index contributed by atoms with van der Waals surface area (Å²) in [5.74, 6) is 0.185. The van der Waals surface area contributed by atoms with Crippen molar-refractivity contribution in [3.63, 3.8) is 0 Å². The molecule has 2 heterocycles. The Morgan fingerprint density at radius 1 is 1.23 bits per heavy atom. The lowest BCUT2D eigenvalue weighted by Gasteiger charge is -2.17. The molecule has 1 aliphatic rings. The van der Waals surface area contributed by atoms with Crippen LogP contribution in [0.3, 0.4) is 0 Å². The van der Waals surface area contributed by atoms with Gasteiger partial charge in [0, 0.05) is 23.7 Å².